The van der Waals surface area contributed by atoms with Crippen molar-refractivity contribution in [1.82, 2.24) is 19.5 Å². The van der Waals surface area contributed by atoms with E-state index in [1.165, 1.54) is 17.7 Å². The van der Waals surface area contributed by atoms with Crippen molar-refractivity contribution in [2.45, 2.75) is 6.54 Å². The second kappa shape index (κ2) is 4.71. The van der Waals surface area contributed by atoms with Crippen molar-refractivity contribution in [3.05, 3.63) is 33.5 Å². The highest BCUT2D eigenvalue weighted by Crippen LogP contribution is 2.23. The van der Waals surface area contributed by atoms with Crippen LogP contribution in [0.5, 0.6) is 0 Å². The summed E-state index contributed by atoms with van der Waals surface area (Å²) in [6.45, 7) is 0.180. The Kier molecular flexibility index (Phi) is 3.03. The van der Waals surface area contributed by atoms with Gasteiger partial charge in [-0.1, -0.05) is 0 Å². The molecule has 8 heteroatoms. The number of aromatic nitrogens is 4. The summed E-state index contributed by atoms with van der Waals surface area (Å²) in [6, 6.07) is 3.64. The van der Waals surface area contributed by atoms with Gasteiger partial charge in [0.05, 0.1) is 21.5 Å². The third kappa shape index (κ3) is 2.24. The number of fused-ring (bicyclic) bond motifs is 1. The van der Waals surface area contributed by atoms with E-state index in [9.17, 15) is 4.79 Å². The first kappa shape index (κ1) is 12.2. The lowest BCUT2D eigenvalue weighted by atomic mass is 10.3. The van der Waals surface area contributed by atoms with Crippen LogP contribution in [-0.2, 0) is 6.54 Å². The van der Waals surface area contributed by atoms with Gasteiger partial charge in [0.25, 0.3) is 0 Å². The average molecular weight is 338 g/mol. The van der Waals surface area contributed by atoms with Crippen LogP contribution in [0.15, 0.2) is 28.6 Å². The highest BCUT2D eigenvalue weighted by molar-refractivity contribution is 9.11. The van der Waals surface area contributed by atoms with Crippen molar-refractivity contribution >= 4 is 50.0 Å². The van der Waals surface area contributed by atoms with E-state index in [2.05, 4.69) is 30.9 Å². The van der Waals surface area contributed by atoms with Gasteiger partial charge >= 0.3 is 0 Å². The van der Waals surface area contributed by atoms with Crippen LogP contribution in [0.3, 0.4) is 0 Å². The molecule has 0 unspecified atom stereocenters. The molecule has 3 aromatic heterocycles. The SMILES string of the molecule is Nc1ncnc2c1ncn2CC(=O)c1ccc(Br)s1. The number of nitrogen functional groups attached to an aromatic ring is 1. The third-order valence-electron chi connectivity index (χ3n) is 2.59. The van der Waals surface area contributed by atoms with E-state index in [4.69, 9.17) is 5.73 Å². The van der Waals surface area contributed by atoms with Gasteiger partial charge in [-0.05, 0) is 28.1 Å². The van der Waals surface area contributed by atoms with E-state index < -0.39 is 0 Å². The van der Waals surface area contributed by atoms with Gasteiger partial charge in [0.2, 0.25) is 0 Å². The minimum atomic E-state index is 0.00665. The largest absolute Gasteiger partial charge is 0.382 e. The zero-order valence-electron chi connectivity index (χ0n) is 9.58. The first-order valence-corrected chi connectivity index (χ1v) is 6.96. The van der Waals surface area contributed by atoms with Crippen LogP contribution < -0.4 is 5.73 Å². The molecule has 96 valence electrons. The quantitative estimate of drug-likeness (QED) is 0.739. The number of hydrogen-bond acceptors (Lipinski definition) is 6. The van der Waals surface area contributed by atoms with E-state index in [1.807, 2.05) is 6.07 Å². The van der Waals surface area contributed by atoms with Gasteiger partial charge < -0.3 is 10.3 Å². The summed E-state index contributed by atoms with van der Waals surface area (Å²) in [5, 5.41) is 0. The van der Waals surface area contributed by atoms with Crippen LogP contribution >= 0.6 is 27.3 Å². The minimum absolute atomic E-state index is 0.00665. The molecule has 0 aliphatic carbocycles. The van der Waals surface area contributed by atoms with Gasteiger partial charge in [0, 0.05) is 0 Å². The van der Waals surface area contributed by atoms with Crippen molar-refractivity contribution in [3.63, 3.8) is 0 Å². The lowest BCUT2D eigenvalue weighted by Crippen LogP contribution is -2.08. The van der Waals surface area contributed by atoms with Gasteiger partial charge in [0.1, 0.15) is 11.8 Å². The molecule has 2 N–H and O–H groups in total. The summed E-state index contributed by atoms with van der Waals surface area (Å²) in [4.78, 5) is 24.9. The predicted molar refractivity (Wildman–Crippen MR) is 76.1 cm³/mol. The van der Waals surface area contributed by atoms with E-state index in [1.54, 1.807) is 17.0 Å². The van der Waals surface area contributed by atoms with Gasteiger partial charge in [-0.15, -0.1) is 11.3 Å². The number of carbonyl (C=O) groups excluding carboxylic acids is 1. The zero-order chi connectivity index (χ0) is 13.4. The molecule has 6 nitrogen and oxygen atoms in total. The highest BCUT2D eigenvalue weighted by Gasteiger charge is 2.13. The second-order valence-corrected chi connectivity index (χ2v) is 6.29. The van der Waals surface area contributed by atoms with Crippen molar-refractivity contribution in [2.75, 3.05) is 5.73 Å². The molecule has 19 heavy (non-hydrogen) atoms. The standard InChI is InChI=1S/C11H8BrN5OS/c12-8-2-1-7(19-8)6(18)3-17-5-16-9-10(13)14-4-15-11(9)17/h1-2,4-5H,3H2,(H2,13,14,15). The molecule has 0 amide bonds. The summed E-state index contributed by atoms with van der Waals surface area (Å²) in [5.41, 5.74) is 6.78. The van der Waals surface area contributed by atoms with Crippen LogP contribution in [-0.4, -0.2) is 25.3 Å². The third-order valence-corrected chi connectivity index (χ3v) is 4.26. The topological polar surface area (TPSA) is 86.7 Å². The molecule has 0 fully saturated rings. The number of nitrogens with zero attached hydrogens (tertiary/aromatic N) is 4. The van der Waals surface area contributed by atoms with Crippen LogP contribution in [0.1, 0.15) is 9.67 Å². The number of imidazole rings is 1. The summed E-state index contributed by atoms with van der Waals surface area (Å²) in [5.74, 6) is 0.322. The molecule has 0 aliphatic heterocycles. The fraction of sp³-hybridized carbons (Fsp3) is 0.0909. The molecular formula is C11H8BrN5OS. The monoisotopic (exact) mass is 337 g/mol. The number of anilines is 1. The lowest BCUT2D eigenvalue weighted by molar-refractivity contribution is 0.0977. The number of rotatable bonds is 3. The average Bonchev–Trinajstić information content (AvgIpc) is 2.98. The smallest absolute Gasteiger partial charge is 0.192 e. The van der Waals surface area contributed by atoms with Crippen molar-refractivity contribution < 1.29 is 4.79 Å². The Morgan fingerprint density at radius 3 is 2.95 bits per heavy atom. The van der Waals surface area contributed by atoms with E-state index in [0.29, 0.717) is 21.9 Å². The van der Waals surface area contributed by atoms with E-state index in [-0.39, 0.29) is 12.3 Å². The Morgan fingerprint density at radius 2 is 2.21 bits per heavy atom. The molecule has 0 aliphatic rings. The van der Waals surface area contributed by atoms with Crippen molar-refractivity contribution in [3.8, 4) is 0 Å². The van der Waals surface area contributed by atoms with E-state index in [0.717, 1.165) is 3.79 Å². The van der Waals surface area contributed by atoms with Crippen LogP contribution in [0.25, 0.3) is 11.2 Å². The molecule has 3 heterocycles. The Labute approximate surface area is 120 Å². The lowest BCUT2D eigenvalue weighted by Gasteiger charge is -2.01. The van der Waals surface area contributed by atoms with Crippen LogP contribution in [0.4, 0.5) is 5.82 Å². The summed E-state index contributed by atoms with van der Waals surface area (Å²) in [7, 11) is 0. The van der Waals surface area contributed by atoms with Gasteiger partial charge in [0.15, 0.2) is 17.2 Å². The van der Waals surface area contributed by atoms with E-state index >= 15 is 0 Å². The molecule has 3 aromatic rings. The number of nitrogens with two attached hydrogens (primary N) is 1. The Balaban J connectivity index is 1.94. The molecule has 0 atom stereocenters. The fourth-order valence-electron chi connectivity index (χ4n) is 1.71. The molecule has 0 radical (unpaired) electrons. The number of hydrogen-bond donors (Lipinski definition) is 1. The summed E-state index contributed by atoms with van der Waals surface area (Å²) < 4.78 is 2.60. The molecule has 0 spiro atoms. The summed E-state index contributed by atoms with van der Waals surface area (Å²) >= 11 is 4.74. The number of carbonyl (C=O) groups is 1. The molecule has 3 rings (SSSR count). The van der Waals surface area contributed by atoms with Crippen LogP contribution in [0.2, 0.25) is 0 Å². The van der Waals surface area contributed by atoms with Gasteiger partial charge in [-0.25, -0.2) is 15.0 Å². The maximum atomic E-state index is 12.1. The first-order chi connectivity index (χ1) is 9.15. The normalized spacial score (nSPS) is 11.0. The predicted octanol–water partition coefficient (Wildman–Crippen LogP) is 2.12. The van der Waals surface area contributed by atoms with Gasteiger partial charge in [-0.3, -0.25) is 4.79 Å². The Bertz CT molecular complexity index is 765. The second-order valence-electron chi connectivity index (χ2n) is 3.83. The zero-order valence-corrected chi connectivity index (χ0v) is 12.0. The number of ketones is 1. The minimum Gasteiger partial charge on any atom is -0.382 e. The maximum Gasteiger partial charge on any atom is 0.192 e. The summed E-state index contributed by atoms with van der Waals surface area (Å²) in [6.07, 6.45) is 2.91. The molecule has 0 aromatic carbocycles. The van der Waals surface area contributed by atoms with Gasteiger partial charge in [-0.2, -0.15) is 0 Å². The Hall–Kier alpha value is -1.80. The molecular weight excluding hydrogens is 330 g/mol. The molecule has 0 saturated heterocycles. The van der Waals surface area contributed by atoms with Crippen molar-refractivity contribution in [1.29, 1.82) is 0 Å². The van der Waals surface area contributed by atoms with Crippen molar-refractivity contribution in [2.24, 2.45) is 0 Å². The molecule has 0 saturated carbocycles. The van der Waals surface area contributed by atoms with Crippen LogP contribution in [0, 0.1) is 0 Å². The highest BCUT2D eigenvalue weighted by atomic mass is 79.9. The fourth-order valence-corrected chi connectivity index (χ4v) is 3.03. The number of thiophene rings is 1. The maximum absolute atomic E-state index is 12.1. The number of halogens is 1. The first-order valence-electron chi connectivity index (χ1n) is 5.35. The Morgan fingerprint density at radius 1 is 1.37 bits per heavy atom. The number of Topliss-reactive ketones (excluding diaryl/α,β-unsaturated/α-hetero) is 1. The molecule has 0 bridgehead atoms.